The summed E-state index contributed by atoms with van der Waals surface area (Å²) < 4.78 is 10.6. The summed E-state index contributed by atoms with van der Waals surface area (Å²) >= 11 is 0. The van der Waals surface area contributed by atoms with E-state index in [1.165, 1.54) is 0 Å². The summed E-state index contributed by atoms with van der Waals surface area (Å²) in [7, 11) is 1.56. The number of hydrogen-bond acceptors (Lipinski definition) is 3. The number of aliphatic hydroxyl groups excluding tert-OH is 1. The first kappa shape index (κ1) is 15.4. The minimum absolute atomic E-state index is 0.135. The molecule has 1 N–H and O–H groups in total. The van der Waals surface area contributed by atoms with E-state index in [1.807, 2.05) is 66.7 Å². The molecular weight excluding hydrogens is 264 g/mol. The van der Waals surface area contributed by atoms with Crippen molar-refractivity contribution in [3.63, 3.8) is 0 Å². The molecule has 0 bridgehead atoms. The van der Waals surface area contributed by atoms with Crippen LogP contribution in [0.2, 0.25) is 0 Å². The molecule has 0 aliphatic carbocycles. The summed E-state index contributed by atoms with van der Waals surface area (Å²) in [4.78, 5) is 0. The molecule has 2 aromatic rings. The van der Waals surface area contributed by atoms with Crippen LogP contribution in [-0.2, 0) is 9.47 Å². The monoisotopic (exact) mass is 284 g/mol. The SMILES string of the molecule is COCO[C@@H](c1ccccc1)[C@H](O)/C=C/c1ccccc1. The minimum atomic E-state index is -0.747. The third kappa shape index (κ3) is 4.83. The van der Waals surface area contributed by atoms with Gasteiger partial charge in [-0.05, 0) is 11.1 Å². The maximum Gasteiger partial charge on any atom is 0.147 e. The van der Waals surface area contributed by atoms with Crippen molar-refractivity contribution in [2.75, 3.05) is 13.9 Å². The van der Waals surface area contributed by atoms with Gasteiger partial charge in [0.05, 0.1) is 0 Å². The Morgan fingerprint density at radius 3 is 2.24 bits per heavy atom. The molecule has 110 valence electrons. The first-order valence-corrected chi connectivity index (χ1v) is 6.88. The fraction of sp³-hybridized carbons (Fsp3) is 0.222. The molecule has 0 saturated heterocycles. The van der Waals surface area contributed by atoms with E-state index in [0.29, 0.717) is 0 Å². The normalized spacial score (nSPS) is 14.2. The number of hydrogen-bond donors (Lipinski definition) is 1. The molecular formula is C18H20O3. The molecule has 0 saturated carbocycles. The smallest absolute Gasteiger partial charge is 0.147 e. The summed E-state index contributed by atoms with van der Waals surface area (Å²) in [5.41, 5.74) is 1.95. The average Bonchev–Trinajstić information content (AvgIpc) is 2.55. The molecule has 3 heteroatoms. The maximum atomic E-state index is 10.4. The molecule has 0 radical (unpaired) electrons. The number of benzene rings is 2. The molecule has 0 aliphatic heterocycles. The van der Waals surface area contributed by atoms with E-state index in [9.17, 15) is 5.11 Å². The highest BCUT2D eigenvalue weighted by Crippen LogP contribution is 2.22. The summed E-state index contributed by atoms with van der Waals surface area (Å²) in [6.07, 6.45) is 2.42. The zero-order valence-corrected chi connectivity index (χ0v) is 12.1. The number of aliphatic hydroxyl groups is 1. The van der Waals surface area contributed by atoms with Crippen molar-refractivity contribution in [2.24, 2.45) is 0 Å². The van der Waals surface area contributed by atoms with Crippen molar-refractivity contribution in [3.05, 3.63) is 77.9 Å². The van der Waals surface area contributed by atoms with Crippen molar-refractivity contribution >= 4 is 6.08 Å². The standard InChI is InChI=1S/C18H20O3/c1-20-14-21-18(16-10-6-3-7-11-16)17(19)13-12-15-8-4-2-5-9-15/h2-13,17-19H,14H2,1H3/b13-12+/t17-,18+/m1/s1. The van der Waals surface area contributed by atoms with Gasteiger partial charge in [0.2, 0.25) is 0 Å². The van der Waals surface area contributed by atoms with Gasteiger partial charge < -0.3 is 14.6 Å². The Morgan fingerprint density at radius 2 is 1.62 bits per heavy atom. The van der Waals surface area contributed by atoms with Crippen LogP contribution in [0.4, 0.5) is 0 Å². The Balaban J connectivity index is 2.11. The molecule has 2 atom stereocenters. The molecule has 21 heavy (non-hydrogen) atoms. The van der Waals surface area contributed by atoms with E-state index in [1.54, 1.807) is 13.2 Å². The van der Waals surface area contributed by atoms with Crippen molar-refractivity contribution in [1.82, 2.24) is 0 Å². The van der Waals surface area contributed by atoms with E-state index >= 15 is 0 Å². The molecule has 0 spiro atoms. The lowest BCUT2D eigenvalue weighted by molar-refractivity contribution is -0.104. The minimum Gasteiger partial charge on any atom is -0.386 e. The van der Waals surface area contributed by atoms with E-state index in [-0.39, 0.29) is 6.79 Å². The maximum absolute atomic E-state index is 10.4. The van der Waals surface area contributed by atoms with Gasteiger partial charge in [-0.2, -0.15) is 0 Å². The highest BCUT2D eigenvalue weighted by Gasteiger charge is 2.19. The van der Waals surface area contributed by atoms with Crippen LogP contribution in [0.5, 0.6) is 0 Å². The second kappa shape index (κ2) is 8.37. The third-order valence-electron chi connectivity index (χ3n) is 3.09. The highest BCUT2D eigenvalue weighted by atomic mass is 16.7. The lowest BCUT2D eigenvalue weighted by Crippen LogP contribution is -2.20. The largest absolute Gasteiger partial charge is 0.386 e. The van der Waals surface area contributed by atoms with E-state index in [4.69, 9.17) is 9.47 Å². The molecule has 2 aromatic carbocycles. The molecule has 0 aliphatic rings. The first-order chi connectivity index (χ1) is 10.3. The van der Waals surface area contributed by atoms with Crippen molar-refractivity contribution in [2.45, 2.75) is 12.2 Å². The Bertz CT molecular complexity index is 537. The number of rotatable bonds is 7. The van der Waals surface area contributed by atoms with Gasteiger partial charge in [-0.1, -0.05) is 72.8 Å². The van der Waals surface area contributed by atoms with Gasteiger partial charge in [0.1, 0.15) is 19.0 Å². The quantitative estimate of drug-likeness (QED) is 0.792. The zero-order chi connectivity index (χ0) is 14.9. The van der Waals surface area contributed by atoms with Crippen LogP contribution in [0, 0.1) is 0 Å². The molecule has 0 heterocycles. The van der Waals surface area contributed by atoms with Crippen LogP contribution in [0.15, 0.2) is 66.7 Å². The van der Waals surface area contributed by atoms with Crippen LogP contribution >= 0.6 is 0 Å². The second-order valence-electron chi connectivity index (χ2n) is 4.66. The van der Waals surface area contributed by atoms with Crippen LogP contribution in [-0.4, -0.2) is 25.1 Å². The zero-order valence-electron chi connectivity index (χ0n) is 12.1. The molecule has 0 unspecified atom stereocenters. The molecule has 3 nitrogen and oxygen atoms in total. The molecule has 0 aromatic heterocycles. The van der Waals surface area contributed by atoms with E-state index in [0.717, 1.165) is 11.1 Å². The van der Waals surface area contributed by atoms with Crippen molar-refractivity contribution in [1.29, 1.82) is 0 Å². The highest BCUT2D eigenvalue weighted by molar-refractivity contribution is 5.49. The topological polar surface area (TPSA) is 38.7 Å². The summed E-state index contributed by atoms with van der Waals surface area (Å²) in [6.45, 7) is 0.135. The fourth-order valence-corrected chi connectivity index (χ4v) is 2.05. The van der Waals surface area contributed by atoms with Gasteiger partial charge >= 0.3 is 0 Å². The molecule has 0 amide bonds. The molecule has 2 rings (SSSR count). The average molecular weight is 284 g/mol. The van der Waals surface area contributed by atoms with Crippen molar-refractivity contribution in [3.8, 4) is 0 Å². The van der Waals surface area contributed by atoms with Gasteiger partial charge in [-0.3, -0.25) is 0 Å². The second-order valence-corrected chi connectivity index (χ2v) is 4.66. The van der Waals surface area contributed by atoms with Crippen LogP contribution in [0.1, 0.15) is 17.2 Å². The first-order valence-electron chi connectivity index (χ1n) is 6.88. The summed E-state index contributed by atoms with van der Waals surface area (Å²) in [6, 6.07) is 19.5. The van der Waals surface area contributed by atoms with Gasteiger partial charge in [0, 0.05) is 7.11 Å². The number of methoxy groups -OCH3 is 1. The summed E-state index contributed by atoms with van der Waals surface area (Å²) in [5, 5.41) is 10.4. The predicted molar refractivity (Wildman–Crippen MR) is 83.6 cm³/mol. The summed E-state index contributed by atoms with van der Waals surface area (Å²) in [5.74, 6) is 0. The van der Waals surface area contributed by atoms with Crippen LogP contribution in [0.3, 0.4) is 0 Å². The van der Waals surface area contributed by atoms with E-state index < -0.39 is 12.2 Å². The van der Waals surface area contributed by atoms with Gasteiger partial charge in [-0.25, -0.2) is 0 Å². The molecule has 0 fully saturated rings. The Kier molecular flexibility index (Phi) is 6.16. The third-order valence-corrected chi connectivity index (χ3v) is 3.09. The Labute approximate surface area is 125 Å². The Hall–Kier alpha value is -1.94. The van der Waals surface area contributed by atoms with E-state index in [2.05, 4.69) is 0 Å². The van der Waals surface area contributed by atoms with Crippen LogP contribution in [0.25, 0.3) is 6.08 Å². The fourth-order valence-electron chi connectivity index (χ4n) is 2.05. The lowest BCUT2D eigenvalue weighted by Gasteiger charge is -2.21. The number of ether oxygens (including phenoxy) is 2. The van der Waals surface area contributed by atoms with Gasteiger partial charge in [0.25, 0.3) is 0 Å². The van der Waals surface area contributed by atoms with Gasteiger partial charge in [-0.15, -0.1) is 0 Å². The lowest BCUT2D eigenvalue weighted by atomic mass is 10.0. The predicted octanol–water partition coefficient (Wildman–Crippen LogP) is 3.42. The van der Waals surface area contributed by atoms with Gasteiger partial charge in [0.15, 0.2) is 0 Å². The van der Waals surface area contributed by atoms with Crippen LogP contribution < -0.4 is 0 Å². The Morgan fingerprint density at radius 1 is 1.00 bits per heavy atom. The van der Waals surface area contributed by atoms with Crippen molar-refractivity contribution < 1.29 is 14.6 Å².